The summed E-state index contributed by atoms with van der Waals surface area (Å²) in [5.41, 5.74) is 0.194. The quantitative estimate of drug-likeness (QED) is 0.516. The second-order valence-corrected chi connectivity index (χ2v) is 5.47. The molecule has 0 unspecified atom stereocenters. The fourth-order valence-electron chi connectivity index (χ4n) is 2.33. The molecule has 0 saturated carbocycles. The van der Waals surface area contributed by atoms with Crippen molar-refractivity contribution in [3.05, 3.63) is 44.9 Å². The zero-order valence-corrected chi connectivity index (χ0v) is 12.8. The summed E-state index contributed by atoms with van der Waals surface area (Å²) in [5.74, 6) is -0.527. The SMILES string of the molecule is O=[N+]([O-])c1nn(-c2ccc(Cl)cc2)n(O)c1=NC[C@H]1CCCO1. The van der Waals surface area contributed by atoms with Gasteiger partial charge in [0.05, 0.1) is 17.7 Å². The van der Waals surface area contributed by atoms with Gasteiger partial charge in [0.15, 0.2) is 0 Å². The molecule has 3 rings (SSSR count). The number of nitro groups is 1. The summed E-state index contributed by atoms with van der Waals surface area (Å²) < 4.78 is 5.42. The van der Waals surface area contributed by atoms with Crippen molar-refractivity contribution >= 4 is 17.4 Å². The Balaban J connectivity index is 2.02. The molecule has 122 valence electrons. The predicted octanol–water partition coefficient (Wildman–Crippen LogP) is 1.55. The summed E-state index contributed by atoms with van der Waals surface area (Å²) in [6.07, 6.45) is 1.69. The maximum atomic E-state index is 11.2. The highest BCUT2D eigenvalue weighted by Crippen LogP contribution is 2.14. The summed E-state index contributed by atoms with van der Waals surface area (Å²) in [5, 5.41) is 25.7. The normalized spacial score (nSPS) is 18.5. The lowest BCUT2D eigenvalue weighted by Gasteiger charge is -2.03. The second-order valence-electron chi connectivity index (χ2n) is 5.04. The molecule has 1 atom stereocenters. The molecular formula is C13H14ClN5O4. The fraction of sp³-hybridized carbons (Fsp3) is 0.385. The van der Waals surface area contributed by atoms with Gasteiger partial charge >= 0.3 is 5.82 Å². The summed E-state index contributed by atoms with van der Waals surface area (Å²) >= 11 is 5.81. The monoisotopic (exact) mass is 339 g/mol. The average Bonchev–Trinajstić information content (AvgIpc) is 3.14. The van der Waals surface area contributed by atoms with Gasteiger partial charge < -0.3 is 20.1 Å². The number of aromatic nitrogens is 3. The Kier molecular flexibility index (Phi) is 4.30. The topological polar surface area (TPSA) is 108 Å². The van der Waals surface area contributed by atoms with Crippen LogP contribution in [0.25, 0.3) is 5.69 Å². The van der Waals surface area contributed by atoms with Crippen molar-refractivity contribution in [1.82, 2.24) is 14.7 Å². The van der Waals surface area contributed by atoms with Crippen LogP contribution < -0.4 is 5.49 Å². The van der Waals surface area contributed by atoms with Crippen molar-refractivity contribution in [1.29, 1.82) is 0 Å². The van der Waals surface area contributed by atoms with E-state index in [0.717, 1.165) is 17.6 Å². The van der Waals surface area contributed by atoms with Crippen LogP contribution in [-0.2, 0) is 4.74 Å². The predicted molar refractivity (Wildman–Crippen MR) is 79.8 cm³/mol. The number of nitrogens with zero attached hydrogens (tertiary/aromatic N) is 5. The molecule has 1 fully saturated rings. The summed E-state index contributed by atoms with van der Waals surface area (Å²) in [6.45, 7) is 0.888. The molecule has 1 aliphatic rings. The molecule has 0 spiro atoms. The first-order valence-electron chi connectivity index (χ1n) is 7.00. The Morgan fingerprint density at radius 3 is 2.83 bits per heavy atom. The van der Waals surface area contributed by atoms with E-state index in [1.54, 1.807) is 24.3 Å². The van der Waals surface area contributed by atoms with Gasteiger partial charge in [-0.1, -0.05) is 16.4 Å². The third-order valence-electron chi connectivity index (χ3n) is 3.46. The summed E-state index contributed by atoms with van der Waals surface area (Å²) in [6, 6.07) is 6.34. The van der Waals surface area contributed by atoms with E-state index in [1.807, 2.05) is 0 Å². The molecule has 1 saturated heterocycles. The lowest BCUT2D eigenvalue weighted by Crippen LogP contribution is -2.24. The first-order chi connectivity index (χ1) is 11.1. The lowest BCUT2D eigenvalue weighted by molar-refractivity contribution is -0.391. The zero-order chi connectivity index (χ0) is 16.4. The third kappa shape index (κ3) is 3.20. The van der Waals surface area contributed by atoms with Gasteiger partial charge in [-0.25, -0.2) is 0 Å². The van der Waals surface area contributed by atoms with E-state index in [2.05, 4.69) is 10.1 Å². The number of rotatable bonds is 4. The molecule has 9 nitrogen and oxygen atoms in total. The van der Waals surface area contributed by atoms with Crippen LogP contribution in [0, 0.1) is 10.1 Å². The Morgan fingerprint density at radius 1 is 1.48 bits per heavy atom. The van der Waals surface area contributed by atoms with Gasteiger partial charge in [0, 0.05) is 11.6 Å². The van der Waals surface area contributed by atoms with Gasteiger partial charge in [-0.3, -0.25) is 4.99 Å². The number of hydrogen-bond acceptors (Lipinski definition) is 6. The molecule has 0 aliphatic carbocycles. The van der Waals surface area contributed by atoms with Gasteiger partial charge in [0.1, 0.15) is 5.69 Å². The van der Waals surface area contributed by atoms with E-state index in [-0.39, 0.29) is 18.1 Å². The summed E-state index contributed by atoms with van der Waals surface area (Å²) in [4.78, 5) is 16.1. The van der Waals surface area contributed by atoms with Crippen molar-refractivity contribution in [2.45, 2.75) is 18.9 Å². The van der Waals surface area contributed by atoms with Crippen LogP contribution in [0.3, 0.4) is 0 Å². The number of ether oxygens (including phenoxy) is 1. The molecule has 0 amide bonds. The minimum atomic E-state index is -0.687. The largest absolute Gasteiger partial charge is 0.438 e. The van der Waals surface area contributed by atoms with Crippen molar-refractivity contribution in [2.75, 3.05) is 13.2 Å². The maximum absolute atomic E-state index is 11.2. The molecule has 10 heteroatoms. The van der Waals surface area contributed by atoms with Crippen LogP contribution in [0.2, 0.25) is 5.02 Å². The standard InChI is InChI=1S/C13H14ClN5O4/c14-9-3-5-10(6-4-9)17-16-13(19(21)22)12(18(17)20)15-8-11-2-1-7-23-11/h3-6,11,20H,1-2,7-8H2/t11-/m1/s1. The number of halogens is 1. The first kappa shape index (κ1) is 15.5. The van der Waals surface area contributed by atoms with Crippen molar-refractivity contribution in [2.24, 2.45) is 4.99 Å². The highest BCUT2D eigenvalue weighted by atomic mass is 35.5. The van der Waals surface area contributed by atoms with Gasteiger partial charge in [-0.2, -0.15) is 0 Å². The first-order valence-corrected chi connectivity index (χ1v) is 7.38. The van der Waals surface area contributed by atoms with Gasteiger partial charge in [0.25, 0.3) is 5.49 Å². The zero-order valence-electron chi connectivity index (χ0n) is 12.0. The van der Waals surface area contributed by atoms with Crippen LogP contribution in [0.1, 0.15) is 12.8 Å². The molecule has 0 radical (unpaired) electrons. The molecule has 23 heavy (non-hydrogen) atoms. The number of hydrogen-bond donors (Lipinski definition) is 1. The average molecular weight is 340 g/mol. The van der Waals surface area contributed by atoms with Crippen LogP contribution in [0.5, 0.6) is 0 Å². The molecule has 0 bridgehead atoms. The molecule has 2 heterocycles. The van der Waals surface area contributed by atoms with E-state index in [9.17, 15) is 15.3 Å². The van der Waals surface area contributed by atoms with Gasteiger partial charge in [0.2, 0.25) is 0 Å². The van der Waals surface area contributed by atoms with Crippen LogP contribution in [-0.4, -0.2) is 44.1 Å². The van der Waals surface area contributed by atoms with Crippen LogP contribution in [0.15, 0.2) is 29.3 Å². The van der Waals surface area contributed by atoms with Crippen molar-refractivity contribution < 1.29 is 14.9 Å². The Labute approximate surface area is 135 Å². The fourth-order valence-corrected chi connectivity index (χ4v) is 2.45. The van der Waals surface area contributed by atoms with Crippen molar-refractivity contribution in [3.8, 4) is 5.69 Å². The third-order valence-corrected chi connectivity index (χ3v) is 3.71. The van der Waals surface area contributed by atoms with E-state index in [0.29, 0.717) is 22.2 Å². The molecule has 1 aromatic carbocycles. The maximum Gasteiger partial charge on any atom is 0.438 e. The Morgan fingerprint density at radius 2 is 2.22 bits per heavy atom. The van der Waals surface area contributed by atoms with E-state index < -0.39 is 10.7 Å². The molecule has 1 aromatic heterocycles. The van der Waals surface area contributed by atoms with Gasteiger partial charge in [-0.15, -0.1) is 0 Å². The molecular weight excluding hydrogens is 326 g/mol. The van der Waals surface area contributed by atoms with Crippen LogP contribution in [0.4, 0.5) is 5.82 Å². The Bertz CT molecular complexity index is 777. The smallest absolute Gasteiger partial charge is 0.409 e. The lowest BCUT2D eigenvalue weighted by atomic mass is 10.2. The van der Waals surface area contributed by atoms with E-state index in [1.165, 1.54) is 0 Å². The molecule has 1 N–H and O–H groups in total. The minimum Gasteiger partial charge on any atom is -0.409 e. The van der Waals surface area contributed by atoms with E-state index >= 15 is 0 Å². The number of benzene rings is 1. The summed E-state index contributed by atoms with van der Waals surface area (Å²) in [7, 11) is 0. The van der Waals surface area contributed by atoms with Crippen molar-refractivity contribution in [3.63, 3.8) is 0 Å². The van der Waals surface area contributed by atoms with E-state index in [4.69, 9.17) is 16.3 Å². The molecule has 1 aliphatic heterocycles. The molecule has 2 aromatic rings. The van der Waals surface area contributed by atoms with Crippen LogP contribution >= 0.6 is 11.6 Å². The highest BCUT2D eigenvalue weighted by molar-refractivity contribution is 6.30. The minimum absolute atomic E-state index is 0.0894. The van der Waals surface area contributed by atoms with Gasteiger partial charge in [-0.05, 0) is 46.8 Å². The second kappa shape index (κ2) is 6.39. The highest BCUT2D eigenvalue weighted by Gasteiger charge is 2.24. The Hall–Kier alpha value is -2.39.